The smallest absolute Gasteiger partial charge is 0.226 e. The lowest BCUT2D eigenvalue weighted by atomic mass is 9.51. The summed E-state index contributed by atoms with van der Waals surface area (Å²) < 4.78 is 11.1. The predicted octanol–water partition coefficient (Wildman–Crippen LogP) is 2.91. The zero-order valence-electron chi connectivity index (χ0n) is 12.7. The van der Waals surface area contributed by atoms with Crippen LogP contribution in [-0.2, 0) is 16.0 Å². The van der Waals surface area contributed by atoms with Crippen LogP contribution in [0.3, 0.4) is 0 Å². The Kier molecular flexibility index (Phi) is 3.42. The van der Waals surface area contributed by atoms with Crippen LogP contribution < -0.4 is 5.32 Å². The molecule has 2 aliphatic rings. The Labute approximate surface area is 134 Å². The topological polar surface area (TPSA) is 51.2 Å². The molecule has 4 rings (SSSR count). The van der Waals surface area contributed by atoms with Gasteiger partial charge in [0.25, 0.3) is 0 Å². The summed E-state index contributed by atoms with van der Waals surface area (Å²) in [6, 6.07) is 8.37. The summed E-state index contributed by atoms with van der Waals surface area (Å²) in [5, 5.41) is 4.32. The van der Waals surface area contributed by atoms with Crippen LogP contribution in [0.4, 0.5) is 0 Å². The van der Waals surface area contributed by atoms with Gasteiger partial charge in [0.1, 0.15) is 0 Å². The molecular weight excluding hydrogens is 296 g/mol. The van der Waals surface area contributed by atoms with E-state index in [0.29, 0.717) is 12.5 Å². The Bertz CT molecular complexity index is 708. The van der Waals surface area contributed by atoms with Crippen LogP contribution in [0.25, 0.3) is 10.1 Å². The zero-order chi connectivity index (χ0) is 15.2. The molecule has 5 heteroatoms. The van der Waals surface area contributed by atoms with Gasteiger partial charge in [-0.3, -0.25) is 4.79 Å². The molecule has 1 aromatic carbocycles. The Balaban J connectivity index is 1.43. The van der Waals surface area contributed by atoms with Crippen molar-refractivity contribution in [2.45, 2.75) is 44.2 Å². The third kappa shape index (κ3) is 2.07. The maximum absolute atomic E-state index is 12.4. The largest absolute Gasteiger partial charge is 0.381 e. The highest BCUT2D eigenvalue weighted by Crippen LogP contribution is 2.57. The van der Waals surface area contributed by atoms with Crippen LogP contribution >= 0.6 is 11.5 Å². The van der Waals surface area contributed by atoms with Crippen LogP contribution in [-0.4, -0.2) is 29.5 Å². The minimum absolute atomic E-state index is 0.0851. The van der Waals surface area contributed by atoms with E-state index in [1.165, 1.54) is 30.8 Å². The van der Waals surface area contributed by atoms with Gasteiger partial charge in [0.2, 0.25) is 5.91 Å². The summed E-state index contributed by atoms with van der Waals surface area (Å²) in [5.41, 5.74) is 1.11. The molecule has 116 valence electrons. The first-order valence-electron chi connectivity index (χ1n) is 7.88. The van der Waals surface area contributed by atoms with Gasteiger partial charge in [-0.15, -0.1) is 0 Å². The molecule has 0 radical (unpaired) electrons. The SMILES string of the molecule is COC1CC(NC(=O)Cc2nsc3ccccc23)C12CCC2. The molecule has 1 heterocycles. The number of ether oxygens (including phenoxy) is 1. The van der Waals surface area contributed by atoms with E-state index in [4.69, 9.17) is 4.74 Å². The summed E-state index contributed by atoms with van der Waals surface area (Å²) in [4.78, 5) is 12.4. The fourth-order valence-corrected chi connectivity index (χ4v) is 4.79. The second kappa shape index (κ2) is 5.32. The number of aromatic nitrogens is 1. The molecule has 2 aromatic rings. The number of amides is 1. The molecule has 2 saturated carbocycles. The second-order valence-corrected chi connectivity index (χ2v) is 7.27. The van der Waals surface area contributed by atoms with Crippen molar-refractivity contribution in [3.8, 4) is 0 Å². The van der Waals surface area contributed by atoms with Crippen molar-refractivity contribution in [3.05, 3.63) is 30.0 Å². The highest BCUT2D eigenvalue weighted by atomic mass is 32.1. The maximum Gasteiger partial charge on any atom is 0.226 e. The number of hydrogen-bond acceptors (Lipinski definition) is 4. The number of methoxy groups -OCH3 is 1. The van der Waals surface area contributed by atoms with E-state index in [9.17, 15) is 4.79 Å². The van der Waals surface area contributed by atoms with Gasteiger partial charge in [-0.2, -0.15) is 4.37 Å². The number of nitrogens with zero attached hydrogens (tertiary/aromatic N) is 1. The normalized spacial score (nSPS) is 25.7. The number of fused-ring (bicyclic) bond motifs is 1. The van der Waals surface area contributed by atoms with Crippen molar-refractivity contribution in [1.29, 1.82) is 0 Å². The highest BCUT2D eigenvalue weighted by molar-refractivity contribution is 7.13. The fourth-order valence-electron chi connectivity index (χ4n) is 4.00. The highest BCUT2D eigenvalue weighted by Gasteiger charge is 2.59. The standard InChI is InChI=1S/C17H20N2O2S/c1-21-15-10-14(17(15)7-4-8-17)18-16(20)9-12-11-5-2-3-6-13(11)22-19-12/h2-3,5-6,14-15H,4,7-10H2,1H3,(H,18,20). The van der Waals surface area contributed by atoms with Gasteiger partial charge in [0, 0.05) is 24.0 Å². The molecule has 22 heavy (non-hydrogen) atoms. The summed E-state index contributed by atoms with van der Waals surface area (Å²) in [6.45, 7) is 0. The maximum atomic E-state index is 12.4. The molecule has 0 saturated heterocycles. The summed E-state index contributed by atoms with van der Waals surface area (Å²) in [6.07, 6.45) is 5.25. The molecular formula is C17H20N2O2S. The minimum atomic E-state index is 0.0851. The molecule has 1 spiro atoms. The molecule has 2 atom stereocenters. The molecule has 1 amide bonds. The van der Waals surface area contributed by atoms with Crippen molar-refractivity contribution in [2.75, 3.05) is 7.11 Å². The molecule has 1 aromatic heterocycles. The Morgan fingerprint density at radius 3 is 3.00 bits per heavy atom. The van der Waals surface area contributed by atoms with E-state index >= 15 is 0 Å². The fraction of sp³-hybridized carbons (Fsp3) is 0.529. The number of benzene rings is 1. The summed E-state index contributed by atoms with van der Waals surface area (Å²) in [5.74, 6) is 0.0851. The van der Waals surface area contributed by atoms with Crippen LogP contribution in [0.5, 0.6) is 0 Å². The van der Waals surface area contributed by atoms with Crippen LogP contribution in [0.2, 0.25) is 0 Å². The van der Waals surface area contributed by atoms with Gasteiger partial charge >= 0.3 is 0 Å². The molecule has 2 aliphatic carbocycles. The van der Waals surface area contributed by atoms with Gasteiger partial charge in [0.15, 0.2) is 0 Å². The van der Waals surface area contributed by atoms with Crippen molar-refractivity contribution in [3.63, 3.8) is 0 Å². The Morgan fingerprint density at radius 2 is 2.27 bits per heavy atom. The molecule has 0 aliphatic heterocycles. The Hall–Kier alpha value is -1.46. The van der Waals surface area contributed by atoms with Crippen molar-refractivity contribution < 1.29 is 9.53 Å². The number of carbonyl (C=O) groups is 1. The number of hydrogen-bond donors (Lipinski definition) is 1. The zero-order valence-corrected chi connectivity index (χ0v) is 13.5. The average molecular weight is 316 g/mol. The number of carbonyl (C=O) groups excluding carboxylic acids is 1. The third-order valence-corrected chi connectivity index (χ3v) is 6.33. The monoisotopic (exact) mass is 316 g/mol. The van der Waals surface area contributed by atoms with Crippen molar-refractivity contribution in [1.82, 2.24) is 9.69 Å². The van der Waals surface area contributed by atoms with Gasteiger partial charge in [-0.1, -0.05) is 24.6 Å². The van der Waals surface area contributed by atoms with Crippen LogP contribution in [0.15, 0.2) is 24.3 Å². The summed E-state index contributed by atoms with van der Waals surface area (Å²) >= 11 is 1.46. The molecule has 0 bridgehead atoms. The van der Waals surface area contributed by atoms with Gasteiger partial charge in [-0.05, 0) is 36.9 Å². The van der Waals surface area contributed by atoms with Crippen LogP contribution in [0, 0.1) is 5.41 Å². The van der Waals surface area contributed by atoms with Gasteiger partial charge in [-0.25, -0.2) is 0 Å². The van der Waals surface area contributed by atoms with E-state index in [-0.39, 0.29) is 17.4 Å². The van der Waals surface area contributed by atoms with Crippen molar-refractivity contribution in [2.24, 2.45) is 5.41 Å². The van der Waals surface area contributed by atoms with Gasteiger partial charge in [0.05, 0.1) is 22.9 Å². The second-order valence-electron chi connectivity index (χ2n) is 6.47. The van der Waals surface area contributed by atoms with E-state index < -0.39 is 0 Å². The Morgan fingerprint density at radius 1 is 1.45 bits per heavy atom. The minimum Gasteiger partial charge on any atom is -0.381 e. The first-order chi connectivity index (χ1) is 10.7. The van der Waals surface area contributed by atoms with Gasteiger partial charge < -0.3 is 10.1 Å². The molecule has 1 N–H and O–H groups in total. The third-order valence-electron chi connectivity index (χ3n) is 5.47. The first kappa shape index (κ1) is 14.2. The van der Waals surface area contributed by atoms with Crippen molar-refractivity contribution >= 4 is 27.5 Å². The van der Waals surface area contributed by atoms with E-state index in [2.05, 4.69) is 9.69 Å². The molecule has 2 fully saturated rings. The first-order valence-corrected chi connectivity index (χ1v) is 8.66. The lowest BCUT2D eigenvalue weighted by Crippen LogP contribution is -2.67. The van der Waals surface area contributed by atoms with E-state index in [0.717, 1.165) is 22.2 Å². The lowest BCUT2D eigenvalue weighted by molar-refractivity contribution is -0.166. The quantitative estimate of drug-likeness (QED) is 0.943. The van der Waals surface area contributed by atoms with Crippen LogP contribution in [0.1, 0.15) is 31.4 Å². The number of rotatable bonds is 4. The lowest BCUT2D eigenvalue weighted by Gasteiger charge is -2.60. The predicted molar refractivity (Wildman–Crippen MR) is 87.0 cm³/mol. The van der Waals surface area contributed by atoms with E-state index in [1.807, 2.05) is 24.3 Å². The number of nitrogens with one attached hydrogen (secondary N) is 1. The summed E-state index contributed by atoms with van der Waals surface area (Å²) in [7, 11) is 1.78. The average Bonchev–Trinajstić information content (AvgIpc) is 2.85. The molecule has 4 nitrogen and oxygen atoms in total. The molecule has 2 unspecified atom stereocenters. The van der Waals surface area contributed by atoms with E-state index in [1.54, 1.807) is 7.11 Å².